The second-order valence-corrected chi connectivity index (χ2v) is 4.84. The van der Waals surface area contributed by atoms with Gasteiger partial charge in [0.2, 0.25) is 11.8 Å². The maximum atomic E-state index is 11.8. The average molecular weight is 247 g/mol. The summed E-state index contributed by atoms with van der Waals surface area (Å²) in [6.07, 6.45) is 2.83. The molecule has 0 aliphatic rings. The average Bonchev–Trinajstić information content (AvgIpc) is 2.22. The zero-order valence-corrected chi connectivity index (χ0v) is 10.9. The van der Waals surface area contributed by atoms with E-state index in [1.807, 2.05) is 13.2 Å². The lowest BCUT2D eigenvalue weighted by Crippen LogP contribution is -2.47. The second kappa shape index (κ2) is 7.51. The van der Waals surface area contributed by atoms with E-state index in [1.54, 1.807) is 23.7 Å². The number of carbonyl (C=O) groups excluding carboxylic acids is 2. The van der Waals surface area contributed by atoms with E-state index in [0.29, 0.717) is 0 Å². The Hall–Kier alpha value is -0.750. The van der Waals surface area contributed by atoms with Crippen LogP contribution in [0.2, 0.25) is 0 Å². The molecule has 6 heteroatoms. The Morgan fingerprint density at radius 1 is 1.44 bits per heavy atom. The van der Waals surface area contributed by atoms with Crippen LogP contribution in [0.4, 0.5) is 0 Å². The zero-order chi connectivity index (χ0) is 12.7. The van der Waals surface area contributed by atoms with Crippen molar-refractivity contribution in [3.05, 3.63) is 0 Å². The van der Waals surface area contributed by atoms with E-state index in [2.05, 4.69) is 0 Å². The fourth-order valence-electron chi connectivity index (χ4n) is 1.26. The first-order valence-corrected chi connectivity index (χ1v) is 6.59. The van der Waals surface area contributed by atoms with Gasteiger partial charge < -0.3 is 16.4 Å². The molecule has 0 heterocycles. The Bertz CT molecular complexity index is 248. The van der Waals surface area contributed by atoms with Crippen molar-refractivity contribution in [2.24, 2.45) is 11.5 Å². The summed E-state index contributed by atoms with van der Waals surface area (Å²) in [7, 11) is 1.70. The summed E-state index contributed by atoms with van der Waals surface area (Å²) in [6.45, 7) is 1.96. The van der Waals surface area contributed by atoms with Gasteiger partial charge in [-0.1, -0.05) is 0 Å². The molecular weight excluding hydrogens is 226 g/mol. The summed E-state index contributed by atoms with van der Waals surface area (Å²) < 4.78 is 0. The van der Waals surface area contributed by atoms with E-state index >= 15 is 0 Å². The number of primary amides is 1. The number of rotatable bonds is 7. The zero-order valence-electron chi connectivity index (χ0n) is 10.1. The highest BCUT2D eigenvalue weighted by molar-refractivity contribution is 7.98. The molecular formula is C10H21N3O2S. The van der Waals surface area contributed by atoms with Gasteiger partial charge in [-0.3, -0.25) is 9.59 Å². The van der Waals surface area contributed by atoms with Crippen molar-refractivity contribution in [3.63, 3.8) is 0 Å². The molecule has 0 aromatic rings. The summed E-state index contributed by atoms with van der Waals surface area (Å²) in [5.74, 6) is 0.211. The summed E-state index contributed by atoms with van der Waals surface area (Å²) in [4.78, 5) is 24.0. The summed E-state index contributed by atoms with van der Waals surface area (Å²) in [5, 5.41) is 0. The number of amides is 2. The lowest BCUT2D eigenvalue weighted by atomic mass is 10.1. The Kier molecular flexibility index (Phi) is 7.16. The van der Waals surface area contributed by atoms with Crippen LogP contribution in [-0.4, -0.2) is 47.9 Å². The van der Waals surface area contributed by atoms with E-state index in [9.17, 15) is 9.59 Å². The molecule has 0 rings (SSSR count). The number of carbonyl (C=O) groups is 2. The van der Waals surface area contributed by atoms with Crippen molar-refractivity contribution in [3.8, 4) is 0 Å². The van der Waals surface area contributed by atoms with E-state index in [1.165, 1.54) is 0 Å². The summed E-state index contributed by atoms with van der Waals surface area (Å²) in [6, 6.07) is -0.696. The molecule has 2 amide bonds. The minimum Gasteiger partial charge on any atom is -0.370 e. The maximum Gasteiger partial charge on any atom is 0.239 e. The highest BCUT2D eigenvalue weighted by Gasteiger charge is 2.22. The molecule has 0 fully saturated rings. The molecule has 0 saturated heterocycles. The number of likely N-dealkylation sites (N-methyl/N-ethyl adjacent to an activating group) is 1. The first kappa shape index (κ1) is 15.2. The Morgan fingerprint density at radius 2 is 2.00 bits per heavy atom. The highest BCUT2D eigenvalue weighted by atomic mass is 32.2. The van der Waals surface area contributed by atoms with Gasteiger partial charge in [0, 0.05) is 13.1 Å². The molecule has 4 N–H and O–H groups in total. The Labute approximate surface area is 101 Å². The molecule has 5 nitrogen and oxygen atoms in total. The van der Waals surface area contributed by atoms with Gasteiger partial charge in [0.1, 0.15) is 0 Å². The molecule has 2 unspecified atom stereocenters. The third-order valence-corrected chi connectivity index (χ3v) is 3.13. The molecule has 0 aromatic carbocycles. The molecule has 2 atom stereocenters. The predicted molar refractivity (Wildman–Crippen MR) is 67.0 cm³/mol. The van der Waals surface area contributed by atoms with Crippen LogP contribution in [-0.2, 0) is 9.59 Å². The van der Waals surface area contributed by atoms with Gasteiger partial charge >= 0.3 is 0 Å². The van der Waals surface area contributed by atoms with E-state index in [0.717, 1.165) is 12.2 Å². The first-order chi connectivity index (χ1) is 7.40. The van der Waals surface area contributed by atoms with Crippen LogP contribution in [0.5, 0.6) is 0 Å². The third kappa shape index (κ3) is 5.37. The number of thioether (sulfide) groups is 1. The quantitative estimate of drug-likeness (QED) is 0.651. The van der Waals surface area contributed by atoms with Crippen molar-refractivity contribution >= 4 is 23.6 Å². The third-order valence-electron chi connectivity index (χ3n) is 2.49. The van der Waals surface area contributed by atoms with Gasteiger partial charge in [-0.25, -0.2) is 0 Å². The van der Waals surface area contributed by atoms with Crippen molar-refractivity contribution in [2.75, 3.05) is 19.1 Å². The van der Waals surface area contributed by atoms with Crippen LogP contribution in [0.25, 0.3) is 0 Å². The Morgan fingerprint density at radius 3 is 2.44 bits per heavy atom. The molecule has 0 aliphatic heterocycles. The van der Waals surface area contributed by atoms with Crippen LogP contribution in [0.1, 0.15) is 19.8 Å². The SMILES string of the molecule is CSCCC(C)N(C)C(=O)C(N)CC(N)=O. The van der Waals surface area contributed by atoms with Crippen molar-refractivity contribution in [1.82, 2.24) is 4.90 Å². The molecule has 0 saturated carbocycles. The molecule has 0 bridgehead atoms. The van der Waals surface area contributed by atoms with Crippen molar-refractivity contribution < 1.29 is 9.59 Å². The second-order valence-electron chi connectivity index (χ2n) is 3.86. The maximum absolute atomic E-state index is 11.8. The van der Waals surface area contributed by atoms with Gasteiger partial charge in [0.05, 0.1) is 12.5 Å². The van der Waals surface area contributed by atoms with Crippen LogP contribution < -0.4 is 11.5 Å². The van der Waals surface area contributed by atoms with Crippen LogP contribution in [0, 0.1) is 0 Å². The number of nitrogens with zero attached hydrogens (tertiary/aromatic N) is 1. The molecule has 16 heavy (non-hydrogen) atoms. The first-order valence-electron chi connectivity index (χ1n) is 5.19. The molecule has 94 valence electrons. The predicted octanol–water partition coefficient (Wildman–Crippen LogP) is -0.211. The lowest BCUT2D eigenvalue weighted by Gasteiger charge is -2.27. The van der Waals surface area contributed by atoms with Crippen LogP contribution >= 0.6 is 11.8 Å². The fraction of sp³-hybridized carbons (Fsp3) is 0.800. The molecule has 0 aromatic heterocycles. The minimum absolute atomic E-state index is 0.0988. The number of nitrogens with two attached hydrogens (primary N) is 2. The standard InChI is InChI=1S/C10H21N3O2S/c1-7(4-5-16-3)13(2)10(15)8(11)6-9(12)14/h7-8H,4-6,11H2,1-3H3,(H2,12,14). The highest BCUT2D eigenvalue weighted by Crippen LogP contribution is 2.07. The smallest absolute Gasteiger partial charge is 0.239 e. The number of hydrogen-bond acceptors (Lipinski definition) is 4. The largest absolute Gasteiger partial charge is 0.370 e. The molecule has 0 spiro atoms. The van der Waals surface area contributed by atoms with Crippen molar-refractivity contribution in [2.45, 2.75) is 31.8 Å². The Balaban J connectivity index is 4.19. The van der Waals surface area contributed by atoms with Crippen molar-refractivity contribution in [1.29, 1.82) is 0 Å². The monoisotopic (exact) mass is 247 g/mol. The van der Waals surface area contributed by atoms with Gasteiger partial charge in [-0.05, 0) is 25.4 Å². The minimum atomic E-state index is -0.820. The van der Waals surface area contributed by atoms with Gasteiger partial charge in [-0.2, -0.15) is 11.8 Å². The molecule has 0 aliphatic carbocycles. The summed E-state index contributed by atoms with van der Waals surface area (Å²) >= 11 is 1.73. The lowest BCUT2D eigenvalue weighted by molar-refractivity contribution is -0.135. The topological polar surface area (TPSA) is 89.4 Å². The molecule has 0 radical (unpaired) electrons. The van der Waals surface area contributed by atoms with Gasteiger partial charge in [-0.15, -0.1) is 0 Å². The number of hydrogen-bond donors (Lipinski definition) is 2. The fourth-order valence-corrected chi connectivity index (χ4v) is 1.84. The van der Waals surface area contributed by atoms with Crippen LogP contribution in [0.15, 0.2) is 0 Å². The summed E-state index contributed by atoms with van der Waals surface area (Å²) in [5.41, 5.74) is 10.6. The van der Waals surface area contributed by atoms with Gasteiger partial charge in [0.15, 0.2) is 0 Å². The normalized spacial score (nSPS) is 14.2. The van der Waals surface area contributed by atoms with E-state index in [-0.39, 0.29) is 18.4 Å². The van der Waals surface area contributed by atoms with Gasteiger partial charge in [0.25, 0.3) is 0 Å². The van der Waals surface area contributed by atoms with E-state index < -0.39 is 11.9 Å². The van der Waals surface area contributed by atoms with E-state index in [4.69, 9.17) is 11.5 Å². The van der Waals surface area contributed by atoms with Crippen LogP contribution in [0.3, 0.4) is 0 Å².